The Morgan fingerprint density at radius 1 is 1.22 bits per heavy atom. The number of hydrogen-bond acceptors (Lipinski definition) is 4. The van der Waals surface area contributed by atoms with Gasteiger partial charge in [0.25, 0.3) is 0 Å². The highest BCUT2D eigenvalue weighted by Crippen LogP contribution is 2.25. The number of hydrogen-bond donors (Lipinski definition) is 3. The molecular formula is C20H28N4OS2. The van der Waals surface area contributed by atoms with E-state index < -0.39 is 0 Å². The maximum atomic E-state index is 12.1. The van der Waals surface area contributed by atoms with Crippen molar-refractivity contribution < 1.29 is 4.79 Å². The van der Waals surface area contributed by atoms with Crippen LogP contribution in [0.2, 0.25) is 0 Å². The molecule has 0 saturated heterocycles. The van der Waals surface area contributed by atoms with E-state index in [0.717, 1.165) is 28.8 Å². The van der Waals surface area contributed by atoms with E-state index in [-0.39, 0.29) is 5.91 Å². The third kappa shape index (κ3) is 7.34. The van der Waals surface area contributed by atoms with E-state index >= 15 is 0 Å². The second-order valence-electron chi connectivity index (χ2n) is 6.42. The Labute approximate surface area is 171 Å². The van der Waals surface area contributed by atoms with Gasteiger partial charge in [-0.05, 0) is 36.7 Å². The fraction of sp³-hybridized carbons (Fsp3) is 0.450. The van der Waals surface area contributed by atoms with Crippen LogP contribution in [-0.4, -0.2) is 28.3 Å². The second kappa shape index (κ2) is 11.8. The monoisotopic (exact) mass is 404 g/mol. The van der Waals surface area contributed by atoms with Gasteiger partial charge in [0.2, 0.25) is 5.91 Å². The van der Waals surface area contributed by atoms with Crippen molar-refractivity contribution in [2.75, 3.05) is 12.3 Å². The predicted molar refractivity (Wildman–Crippen MR) is 118 cm³/mol. The third-order valence-electron chi connectivity index (χ3n) is 4.36. The number of unbranched alkanes of at least 4 members (excludes halogenated alkanes) is 1. The number of carbonyl (C=O) groups excluding carboxylic acids is 1. The van der Waals surface area contributed by atoms with Gasteiger partial charge in [0.05, 0.1) is 11.3 Å². The first-order valence-corrected chi connectivity index (χ1v) is 10.8. The normalized spacial score (nSPS) is 11.8. The third-order valence-corrected chi connectivity index (χ3v) is 5.66. The summed E-state index contributed by atoms with van der Waals surface area (Å²) >= 11 is 6.70. The molecule has 146 valence electrons. The fourth-order valence-electron chi connectivity index (χ4n) is 2.72. The number of hydrazine groups is 1. The summed E-state index contributed by atoms with van der Waals surface area (Å²) in [5.41, 5.74) is 6.35. The van der Waals surface area contributed by atoms with Gasteiger partial charge >= 0.3 is 0 Å². The minimum Gasteiger partial charge on any atom is -0.361 e. The van der Waals surface area contributed by atoms with E-state index in [1.54, 1.807) is 6.20 Å². The molecule has 0 unspecified atom stereocenters. The summed E-state index contributed by atoms with van der Waals surface area (Å²) in [5, 5.41) is 4.71. The number of benzene rings is 1. The molecule has 0 aliphatic rings. The first-order chi connectivity index (χ1) is 13.1. The Morgan fingerprint density at radius 3 is 2.81 bits per heavy atom. The van der Waals surface area contributed by atoms with E-state index in [1.165, 1.54) is 31.0 Å². The van der Waals surface area contributed by atoms with Crippen molar-refractivity contribution in [3.63, 3.8) is 0 Å². The molecule has 0 aliphatic heterocycles. The van der Waals surface area contributed by atoms with E-state index in [0.29, 0.717) is 16.8 Å². The van der Waals surface area contributed by atoms with Crippen LogP contribution < -0.4 is 16.2 Å². The number of rotatable bonds is 9. The minimum absolute atomic E-state index is 0.130. The van der Waals surface area contributed by atoms with Gasteiger partial charge in [-0.25, -0.2) is 0 Å². The number of thioether (sulfide) groups is 1. The maximum absolute atomic E-state index is 12.1. The van der Waals surface area contributed by atoms with Crippen LogP contribution in [0.5, 0.6) is 0 Å². The summed E-state index contributed by atoms with van der Waals surface area (Å²) in [6.45, 7) is 5.22. The van der Waals surface area contributed by atoms with Gasteiger partial charge in [-0.1, -0.05) is 51.3 Å². The van der Waals surface area contributed by atoms with E-state index in [2.05, 4.69) is 35.0 Å². The number of pyridine rings is 1. The largest absolute Gasteiger partial charge is 0.361 e. The molecular weight excluding hydrogens is 376 g/mol. The van der Waals surface area contributed by atoms with Crippen LogP contribution in [0, 0.1) is 5.92 Å². The topological polar surface area (TPSA) is 66.0 Å². The molecule has 0 spiro atoms. The molecule has 7 heteroatoms. The van der Waals surface area contributed by atoms with Crippen LogP contribution in [0.25, 0.3) is 10.9 Å². The zero-order valence-electron chi connectivity index (χ0n) is 16.0. The van der Waals surface area contributed by atoms with Crippen molar-refractivity contribution in [2.45, 2.75) is 44.4 Å². The average Bonchev–Trinajstić information content (AvgIpc) is 2.70. The van der Waals surface area contributed by atoms with E-state index in [9.17, 15) is 4.79 Å². The highest BCUT2D eigenvalue weighted by molar-refractivity contribution is 8.00. The number of para-hydroxylation sites is 1. The van der Waals surface area contributed by atoms with Gasteiger partial charge in [-0.3, -0.25) is 20.6 Å². The van der Waals surface area contributed by atoms with Gasteiger partial charge in [0.15, 0.2) is 5.11 Å². The molecule has 1 heterocycles. The van der Waals surface area contributed by atoms with Crippen LogP contribution >= 0.6 is 24.0 Å². The molecule has 0 radical (unpaired) electrons. The lowest BCUT2D eigenvalue weighted by molar-refractivity contribution is -0.119. The Bertz CT molecular complexity index is 748. The summed E-state index contributed by atoms with van der Waals surface area (Å²) in [7, 11) is 0. The van der Waals surface area contributed by atoms with Crippen LogP contribution in [0.1, 0.15) is 39.5 Å². The second-order valence-corrected chi connectivity index (χ2v) is 7.85. The van der Waals surface area contributed by atoms with Gasteiger partial charge in [0.1, 0.15) is 0 Å². The number of carbonyl (C=O) groups is 1. The molecule has 5 nitrogen and oxygen atoms in total. The summed E-state index contributed by atoms with van der Waals surface area (Å²) in [5.74, 6) is 0.768. The van der Waals surface area contributed by atoms with E-state index in [1.807, 2.05) is 30.3 Å². The summed E-state index contributed by atoms with van der Waals surface area (Å²) in [6.07, 6.45) is 6.53. The molecule has 3 N–H and O–H groups in total. The predicted octanol–water partition coefficient (Wildman–Crippen LogP) is 4.04. The van der Waals surface area contributed by atoms with Crippen LogP contribution in [0.15, 0.2) is 41.4 Å². The number of amides is 1. The van der Waals surface area contributed by atoms with Crippen molar-refractivity contribution in [1.82, 2.24) is 21.2 Å². The van der Waals surface area contributed by atoms with Crippen molar-refractivity contribution in [2.24, 2.45) is 5.92 Å². The van der Waals surface area contributed by atoms with Crippen LogP contribution in [-0.2, 0) is 4.79 Å². The average molecular weight is 405 g/mol. The molecule has 2 aromatic rings. The summed E-state index contributed by atoms with van der Waals surface area (Å²) < 4.78 is 0. The van der Waals surface area contributed by atoms with Gasteiger partial charge in [-0.15, -0.1) is 11.8 Å². The molecule has 1 aromatic carbocycles. The number of nitrogens with one attached hydrogen (secondary N) is 3. The number of fused-ring (bicyclic) bond motifs is 1. The highest BCUT2D eigenvalue weighted by atomic mass is 32.2. The molecule has 2 rings (SSSR count). The highest BCUT2D eigenvalue weighted by Gasteiger charge is 2.09. The minimum atomic E-state index is -0.130. The van der Waals surface area contributed by atoms with Gasteiger partial charge in [0, 0.05) is 23.0 Å². The van der Waals surface area contributed by atoms with E-state index in [4.69, 9.17) is 12.2 Å². The Morgan fingerprint density at radius 2 is 2.04 bits per heavy atom. The number of thiocarbonyl (C=S) groups is 1. The van der Waals surface area contributed by atoms with Crippen molar-refractivity contribution >= 4 is 45.9 Å². The van der Waals surface area contributed by atoms with Gasteiger partial charge in [-0.2, -0.15) is 0 Å². The molecule has 0 aliphatic carbocycles. The lowest BCUT2D eigenvalue weighted by atomic mass is 9.99. The van der Waals surface area contributed by atoms with Crippen molar-refractivity contribution in [1.29, 1.82) is 0 Å². The van der Waals surface area contributed by atoms with Crippen LogP contribution in [0.3, 0.4) is 0 Å². The first-order valence-electron chi connectivity index (χ1n) is 9.43. The zero-order valence-corrected chi connectivity index (χ0v) is 17.6. The standard InChI is InChI=1S/C20H28N4OS2/c1-3-5-8-15(4-2)13-22-20(26)24-23-18(25)14-27-17-11-6-9-16-10-7-12-21-19(16)17/h6-7,9-12,15H,3-5,8,13-14H2,1-2H3,(H,23,25)(H2,22,24,26)/t15-/m1/s1. The Balaban J connectivity index is 1.72. The molecule has 0 fully saturated rings. The maximum Gasteiger partial charge on any atom is 0.248 e. The summed E-state index contributed by atoms with van der Waals surface area (Å²) in [6, 6.07) is 9.90. The number of aromatic nitrogens is 1. The first kappa shape index (κ1) is 21.4. The molecule has 1 amide bonds. The molecule has 0 saturated carbocycles. The lowest BCUT2D eigenvalue weighted by Crippen LogP contribution is -2.48. The summed E-state index contributed by atoms with van der Waals surface area (Å²) in [4.78, 5) is 17.5. The Kier molecular flexibility index (Phi) is 9.35. The smallest absolute Gasteiger partial charge is 0.248 e. The van der Waals surface area contributed by atoms with Crippen molar-refractivity contribution in [3.8, 4) is 0 Å². The molecule has 1 atom stereocenters. The quantitative estimate of drug-likeness (QED) is 0.333. The van der Waals surface area contributed by atoms with Crippen LogP contribution in [0.4, 0.5) is 0 Å². The lowest BCUT2D eigenvalue weighted by Gasteiger charge is -2.17. The Hall–Kier alpha value is -1.86. The van der Waals surface area contributed by atoms with Crippen molar-refractivity contribution in [3.05, 3.63) is 36.5 Å². The molecule has 1 aromatic heterocycles. The molecule has 27 heavy (non-hydrogen) atoms. The van der Waals surface area contributed by atoms with Gasteiger partial charge < -0.3 is 5.32 Å². The number of nitrogens with zero attached hydrogens (tertiary/aromatic N) is 1. The molecule has 0 bridgehead atoms. The fourth-order valence-corrected chi connectivity index (χ4v) is 3.70. The zero-order chi connectivity index (χ0) is 19.5. The SMILES string of the molecule is CCCC[C@@H](CC)CNC(=S)NNC(=O)CSc1cccc2cccnc12.